The number of allylic oxidation sites excluding steroid dienone is 2. The van der Waals surface area contributed by atoms with Crippen LogP contribution in [0.5, 0.6) is 0 Å². The van der Waals surface area contributed by atoms with Gasteiger partial charge in [-0.2, -0.15) is 0 Å². The largest absolute Gasteiger partial charge is 0.466 e. The molecule has 0 fully saturated rings. The fourth-order valence-corrected chi connectivity index (χ4v) is 4.23. The average Bonchev–Trinajstić information content (AvgIpc) is 2.94. The zero-order chi connectivity index (χ0) is 27.7. The summed E-state index contributed by atoms with van der Waals surface area (Å²) in [6.45, 7) is 0. The Balaban J connectivity index is 2.25. The molecule has 38 heavy (non-hydrogen) atoms. The Hall–Kier alpha value is -2.89. The van der Waals surface area contributed by atoms with Gasteiger partial charge in [-0.05, 0) is 63.5 Å². The number of benzene rings is 1. The molecule has 0 aliphatic carbocycles. The normalized spacial score (nSPS) is 11.3. The molecule has 0 heterocycles. The summed E-state index contributed by atoms with van der Waals surface area (Å²) < 4.78 is 15.1. The van der Waals surface area contributed by atoms with Crippen LogP contribution in [0.3, 0.4) is 0 Å². The van der Waals surface area contributed by atoms with Crippen LogP contribution in [0.4, 0.5) is 0 Å². The van der Waals surface area contributed by atoms with Crippen LogP contribution in [0.25, 0.3) is 0 Å². The summed E-state index contributed by atoms with van der Waals surface area (Å²) in [6.07, 6.45) is 23.9. The standard InChI is InChI=1S/C32H48O6/c1-36-30(33)26-20-13-9-5-3-7-11-18-24-29(38-32(35)28-22-16-15-17-23-28)25-19-12-8-4-6-10-14-21-27-31(34)37-2/h15-17,20-23,26-27,29H,3-14,18-19,24-25H2,1-2H3/b26-20-,27-21-. The molecular weight excluding hydrogens is 480 g/mol. The highest BCUT2D eigenvalue weighted by Gasteiger charge is 2.15. The summed E-state index contributed by atoms with van der Waals surface area (Å²) in [5.41, 5.74) is 0.611. The van der Waals surface area contributed by atoms with E-state index < -0.39 is 0 Å². The molecule has 0 aliphatic rings. The molecule has 0 atom stereocenters. The first-order valence-electron chi connectivity index (χ1n) is 14.3. The Morgan fingerprint density at radius 3 is 1.50 bits per heavy atom. The molecule has 0 spiro atoms. The van der Waals surface area contributed by atoms with Crippen LogP contribution in [0.15, 0.2) is 54.6 Å². The van der Waals surface area contributed by atoms with Crippen molar-refractivity contribution in [3.05, 3.63) is 60.2 Å². The molecule has 6 heteroatoms. The molecule has 1 aromatic rings. The van der Waals surface area contributed by atoms with Gasteiger partial charge in [0.1, 0.15) is 6.10 Å². The van der Waals surface area contributed by atoms with E-state index in [4.69, 9.17) is 4.74 Å². The van der Waals surface area contributed by atoms with Crippen LogP contribution in [-0.4, -0.2) is 38.2 Å². The van der Waals surface area contributed by atoms with E-state index in [2.05, 4.69) is 9.47 Å². The Labute approximate surface area is 229 Å². The first-order valence-corrected chi connectivity index (χ1v) is 14.3. The molecule has 0 N–H and O–H groups in total. The van der Waals surface area contributed by atoms with E-state index in [1.54, 1.807) is 12.1 Å². The maximum atomic E-state index is 12.6. The van der Waals surface area contributed by atoms with Crippen molar-refractivity contribution in [1.29, 1.82) is 0 Å². The third-order valence-electron chi connectivity index (χ3n) is 6.49. The van der Waals surface area contributed by atoms with E-state index in [0.717, 1.165) is 77.0 Å². The highest BCUT2D eigenvalue weighted by Crippen LogP contribution is 2.19. The van der Waals surface area contributed by atoms with Crippen molar-refractivity contribution in [3.63, 3.8) is 0 Å². The van der Waals surface area contributed by atoms with Gasteiger partial charge < -0.3 is 14.2 Å². The first kappa shape index (κ1) is 33.1. The van der Waals surface area contributed by atoms with Crippen LogP contribution >= 0.6 is 0 Å². The fraction of sp³-hybridized carbons (Fsp3) is 0.594. The predicted molar refractivity (Wildman–Crippen MR) is 152 cm³/mol. The Kier molecular flexibility index (Phi) is 20.3. The third-order valence-corrected chi connectivity index (χ3v) is 6.49. The number of ether oxygens (including phenoxy) is 3. The van der Waals surface area contributed by atoms with Crippen molar-refractivity contribution in [3.8, 4) is 0 Å². The fourth-order valence-electron chi connectivity index (χ4n) is 4.23. The van der Waals surface area contributed by atoms with Crippen LogP contribution in [0.2, 0.25) is 0 Å². The quantitative estimate of drug-likeness (QED) is 0.0658. The maximum Gasteiger partial charge on any atom is 0.338 e. The van der Waals surface area contributed by atoms with Crippen molar-refractivity contribution in [2.75, 3.05) is 14.2 Å². The van der Waals surface area contributed by atoms with Gasteiger partial charge in [0, 0.05) is 12.2 Å². The molecule has 212 valence electrons. The lowest BCUT2D eigenvalue weighted by Crippen LogP contribution is -2.18. The lowest BCUT2D eigenvalue weighted by Gasteiger charge is -2.18. The molecule has 1 rings (SSSR count). The molecular formula is C32H48O6. The molecule has 0 unspecified atom stereocenters. The second-order valence-corrected chi connectivity index (χ2v) is 9.64. The summed E-state index contributed by atoms with van der Waals surface area (Å²) in [7, 11) is 2.78. The molecule has 6 nitrogen and oxygen atoms in total. The molecule has 1 aromatic carbocycles. The maximum absolute atomic E-state index is 12.6. The van der Waals surface area contributed by atoms with E-state index in [9.17, 15) is 14.4 Å². The molecule has 0 bridgehead atoms. The SMILES string of the molecule is COC(=O)/C=C\CCCCCCCCC(CCCCCCCC/C=C\C(=O)OC)OC(=O)c1ccccc1. The Bertz CT molecular complexity index is 772. The molecule has 0 aromatic heterocycles. The van der Waals surface area contributed by atoms with Gasteiger partial charge in [-0.15, -0.1) is 0 Å². The number of esters is 3. The van der Waals surface area contributed by atoms with Crippen LogP contribution in [-0.2, 0) is 23.8 Å². The predicted octanol–water partition coefficient (Wildman–Crippen LogP) is 7.91. The van der Waals surface area contributed by atoms with Gasteiger partial charge in [0.25, 0.3) is 0 Å². The smallest absolute Gasteiger partial charge is 0.338 e. The highest BCUT2D eigenvalue weighted by atomic mass is 16.5. The Morgan fingerprint density at radius 2 is 1.05 bits per heavy atom. The second kappa shape index (κ2) is 23.2. The summed E-state index contributed by atoms with van der Waals surface area (Å²) in [5, 5.41) is 0. The van der Waals surface area contributed by atoms with Crippen LogP contribution < -0.4 is 0 Å². The zero-order valence-corrected chi connectivity index (χ0v) is 23.5. The average molecular weight is 529 g/mol. The topological polar surface area (TPSA) is 78.9 Å². The van der Waals surface area contributed by atoms with Crippen molar-refractivity contribution in [2.45, 2.75) is 109 Å². The van der Waals surface area contributed by atoms with E-state index in [-0.39, 0.29) is 24.0 Å². The highest BCUT2D eigenvalue weighted by molar-refractivity contribution is 5.89. The van der Waals surface area contributed by atoms with Gasteiger partial charge in [0.05, 0.1) is 19.8 Å². The summed E-state index contributed by atoms with van der Waals surface area (Å²) in [6, 6.07) is 9.24. The van der Waals surface area contributed by atoms with Crippen molar-refractivity contribution < 1.29 is 28.6 Å². The van der Waals surface area contributed by atoms with Gasteiger partial charge in [-0.25, -0.2) is 14.4 Å². The van der Waals surface area contributed by atoms with Crippen molar-refractivity contribution in [2.24, 2.45) is 0 Å². The lowest BCUT2D eigenvalue weighted by atomic mass is 10.0. The van der Waals surface area contributed by atoms with Gasteiger partial charge in [-0.3, -0.25) is 0 Å². The number of hydrogen-bond acceptors (Lipinski definition) is 6. The minimum atomic E-state index is -0.297. The van der Waals surface area contributed by atoms with Gasteiger partial charge in [0.15, 0.2) is 0 Å². The van der Waals surface area contributed by atoms with Crippen LogP contribution in [0, 0.1) is 0 Å². The number of hydrogen-bond donors (Lipinski definition) is 0. The minimum absolute atomic E-state index is 0.0328. The first-order chi connectivity index (χ1) is 18.6. The summed E-state index contributed by atoms with van der Waals surface area (Å²) >= 11 is 0. The van der Waals surface area contributed by atoms with Gasteiger partial charge in [0.2, 0.25) is 0 Å². The van der Waals surface area contributed by atoms with E-state index in [1.165, 1.54) is 52.1 Å². The third kappa shape index (κ3) is 18.4. The number of methoxy groups -OCH3 is 2. The molecule has 0 aliphatic heterocycles. The van der Waals surface area contributed by atoms with E-state index >= 15 is 0 Å². The second-order valence-electron chi connectivity index (χ2n) is 9.64. The van der Waals surface area contributed by atoms with Crippen LogP contribution in [0.1, 0.15) is 113 Å². The van der Waals surface area contributed by atoms with E-state index in [0.29, 0.717) is 5.56 Å². The Morgan fingerprint density at radius 1 is 0.632 bits per heavy atom. The van der Waals surface area contributed by atoms with Gasteiger partial charge in [-0.1, -0.05) is 81.7 Å². The number of carbonyl (C=O) groups excluding carboxylic acids is 3. The minimum Gasteiger partial charge on any atom is -0.466 e. The monoisotopic (exact) mass is 528 g/mol. The molecule has 0 saturated carbocycles. The molecule has 0 radical (unpaired) electrons. The number of unbranched alkanes of at least 4 members (excludes halogenated alkanes) is 12. The number of carbonyl (C=O) groups is 3. The van der Waals surface area contributed by atoms with Gasteiger partial charge >= 0.3 is 17.9 Å². The number of rotatable bonds is 22. The van der Waals surface area contributed by atoms with E-state index in [1.807, 2.05) is 30.4 Å². The lowest BCUT2D eigenvalue weighted by molar-refractivity contribution is -0.135. The molecule has 0 amide bonds. The zero-order valence-electron chi connectivity index (χ0n) is 23.5. The summed E-state index contributed by atoms with van der Waals surface area (Å²) in [4.78, 5) is 34.7. The molecule has 0 saturated heterocycles. The summed E-state index contributed by atoms with van der Waals surface area (Å²) in [5.74, 6) is -0.820. The van der Waals surface area contributed by atoms with Crippen molar-refractivity contribution >= 4 is 17.9 Å². The van der Waals surface area contributed by atoms with Crippen molar-refractivity contribution in [1.82, 2.24) is 0 Å².